The van der Waals surface area contributed by atoms with Gasteiger partial charge in [-0.1, -0.05) is 70.7 Å². The topological polar surface area (TPSA) is 12.0 Å². The molecule has 2 heteroatoms. The molecule has 0 bridgehead atoms. The van der Waals surface area contributed by atoms with Crippen LogP contribution >= 0.6 is 0 Å². The van der Waals surface area contributed by atoms with E-state index in [9.17, 15) is 4.39 Å². The molecular formula is C30H40FN. The van der Waals surface area contributed by atoms with E-state index in [1.807, 2.05) is 19.9 Å². The fourth-order valence-corrected chi connectivity index (χ4v) is 4.05. The van der Waals surface area contributed by atoms with E-state index in [0.29, 0.717) is 0 Å². The molecule has 0 spiro atoms. The summed E-state index contributed by atoms with van der Waals surface area (Å²) in [7, 11) is 0. The first-order valence-electron chi connectivity index (χ1n) is 11.6. The number of hydrogen-bond donors (Lipinski definition) is 1. The van der Waals surface area contributed by atoms with Crippen molar-refractivity contribution in [2.75, 3.05) is 0 Å². The van der Waals surface area contributed by atoms with Crippen molar-refractivity contribution in [1.29, 1.82) is 0 Å². The molecule has 1 aromatic carbocycles. The average Bonchev–Trinajstić information content (AvgIpc) is 2.92. The van der Waals surface area contributed by atoms with E-state index in [4.69, 9.17) is 0 Å². The van der Waals surface area contributed by atoms with Crippen LogP contribution in [0.1, 0.15) is 84.0 Å². The summed E-state index contributed by atoms with van der Waals surface area (Å²) >= 11 is 0. The molecule has 0 aliphatic heterocycles. The van der Waals surface area contributed by atoms with Crippen LogP contribution < -0.4 is 5.32 Å². The molecule has 0 fully saturated rings. The number of aryl methyl sites for hydroxylation is 1. The molecule has 0 saturated carbocycles. The highest BCUT2D eigenvalue weighted by atomic mass is 19.1. The lowest BCUT2D eigenvalue weighted by Gasteiger charge is -2.27. The van der Waals surface area contributed by atoms with Gasteiger partial charge in [0.2, 0.25) is 0 Å². The molecule has 32 heavy (non-hydrogen) atoms. The molecule has 1 unspecified atom stereocenters. The summed E-state index contributed by atoms with van der Waals surface area (Å²) in [5.41, 5.74) is 9.13. The largest absolute Gasteiger partial charge is 0.378 e. The van der Waals surface area contributed by atoms with Gasteiger partial charge in [-0.3, -0.25) is 0 Å². The van der Waals surface area contributed by atoms with Crippen LogP contribution in [0.3, 0.4) is 0 Å². The van der Waals surface area contributed by atoms with Gasteiger partial charge in [0.15, 0.2) is 0 Å². The van der Waals surface area contributed by atoms with Crippen LogP contribution in [-0.2, 0) is 5.41 Å². The Morgan fingerprint density at radius 3 is 2.44 bits per heavy atom. The van der Waals surface area contributed by atoms with E-state index in [2.05, 4.69) is 82.9 Å². The van der Waals surface area contributed by atoms with Crippen LogP contribution in [-0.4, -0.2) is 0 Å². The summed E-state index contributed by atoms with van der Waals surface area (Å²) in [4.78, 5) is 0. The maximum atomic E-state index is 13.7. The van der Waals surface area contributed by atoms with Gasteiger partial charge in [-0.25, -0.2) is 4.39 Å². The lowest BCUT2D eigenvalue weighted by atomic mass is 9.84. The highest BCUT2D eigenvalue weighted by Gasteiger charge is 2.20. The van der Waals surface area contributed by atoms with Crippen LogP contribution in [0, 0.1) is 6.92 Å². The quantitative estimate of drug-likeness (QED) is 0.423. The fraction of sp³-hybridized carbons (Fsp3) is 0.400. The first-order chi connectivity index (χ1) is 15.0. The number of allylic oxidation sites excluding steroid dienone is 9. The zero-order valence-corrected chi connectivity index (χ0v) is 21.2. The van der Waals surface area contributed by atoms with Gasteiger partial charge < -0.3 is 5.32 Å². The lowest BCUT2D eigenvalue weighted by Crippen LogP contribution is -2.23. The van der Waals surface area contributed by atoms with Gasteiger partial charge in [0, 0.05) is 5.70 Å². The molecule has 0 radical (unpaired) electrons. The predicted molar refractivity (Wildman–Crippen MR) is 138 cm³/mol. The minimum absolute atomic E-state index is 0.0956. The average molecular weight is 434 g/mol. The molecule has 1 aliphatic carbocycles. The maximum absolute atomic E-state index is 13.7. The third kappa shape index (κ3) is 6.45. The molecule has 1 N–H and O–H groups in total. The SMILES string of the molecule is C=C(C)C1=CCC=C(C(/C=C(\C)F)=C/C)C=C1NC(CC)c1cc(C(C)(C)C)ccc1C. The van der Waals surface area contributed by atoms with Gasteiger partial charge in [0.25, 0.3) is 0 Å². The lowest BCUT2D eigenvalue weighted by molar-refractivity contribution is 0.565. The molecule has 172 valence electrons. The van der Waals surface area contributed by atoms with E-state index in [1.54, 1.807) is 6.08 Å². The van der Waals surface area contributed by atoms with Gasteiger partial charge in [-0.2, -0.15) is 0 Å². The minimum atomic E-state index is -0.194. The standard InChI is InChI=1S/C30H40FN/c1-10-23(17-22(6)31)24-13-12-14-26(20(3)4)29(18-24)32-28(11-2)27-19-25(30(7,8)9)16-15-21(27)5/h10,13-19,28,32H,3,11-12H2,1-2,4-9H3/b22-17+,23-10+. The minimum Gasteiger partial charge on any atom is -0.378 e. The smallest absolute Gasteiger partial charge is 0.0974 e. The van der Waals surface area contributed by atoms with Gasteiger partial charge in [-0.05, 0) is 97.1 Å². The summed E-state index contributed by atoms with van der Waals surface area (Å²) in [6.45, 7) is 20.8. The third-order valence-electron chi connectivity index (χ3n) is 5.97. The zero-order chi connectivity index (χ0) is 24.1. The molecule has 0 heterocycles. The summed E-state index contributed by atoms with van der Waals surface area (Å²) in [6, 6.07) is 6.98. The van der Waals surface area contributed by atoms with Crippen LogP contribution in [0.4, 0.5) is 4.39 Å². The number of halogens is 1. The molecule has 1 nitrogen and oxygen atoms in total. The van der Waals surface area contributed by atoms with E-state index >= 15 is 0 Å². The monoisotopic (exact) mass is 433 g/mol. The first kappa shape index (κ1) is 25.6. The number of rotatable bonds is 7. The van der Waals surface area contributed by atoms with Crippen molar-refractivity contribution in [3.05, 3.63) is 106 Å². The Hall–Kier alpha value is -2.61. The van der Waals surface area contributed by atoms with Crippen molar-refractivity contribution < 1.29 is 4.39 Å². The highest BCUT2D eigenvalue weighted by molar-refractivity contribution is 5.56. The Labute approximate surface area is 195 Å². The van der Waals surface area contributed by atoms with Gasteiger partial charge in [0.05, 0.1) is 11.9 Å². The molecule has 0 saturated heterocycles. The zero-order valence-electron chi connectivity index (χ0n) is 21.2. The molecule has 1 aromatic rings. The van der Waals surface area contributed by atoms with Crippen molar-refractivity contribution >= 4 is 0 Å². The number of nitrogens with one attached hydrogen (secondary N) is 1. The second-order valence-electron chi connectivity index (χ2n) is 9.75. The van der Waals surface area contributed by atoms with Crippen molar-refractivity contribution in [2.24, 2.45) is 0 Å². The summed E-state index contributed by atoms with van der Waals surface area (Å²) in [6.07, 6.45) is 11.8. The summed E-state index contributed by atoms with van der Waals surface area (Å²) in [5, 5.41) is 3.82. The van der Waals surface area contributed by atoms with Crippen molar-refractivity contribution in [3.63, 3.8) is 0 Å². The number of hydrogen-bond acceptors (Lipinski definition) is 1. The van der Waals surface area contributed by atoms with E-state index in [0.717, 1.165) is 40.8 Å². The van der Waals surface area contributed by atoms with E-state index in [-0.39, 0.29) is 17.3 Å². The third-order valence-corrected chi connectivity index (χ3v) is 5.97. The highest BCUT2D eigenvalue weighted by Crippen LogP contribution is 2.32. The Bertz CT molecular complexity index is 1000. The predicted octanol–water partition coefficient (Wildman–Crippen LogP) is 8.87. The first-order valence-corrected chi connectivity index (χ1v) is 11.6. The van der Waals surface area contributed by atoms with Gasteiger partial charge in [0.1, 0.15) is 0 Å². The Kier molecular flexibility index (Phi) is 8.66. The van der Waals surface area contributed by atoms with Crippen LogP contribution in [0.25, 0.3) is 0 Å². The molecule has 0 aromatic heterocycles. The van der Waals surface area contributed by atoms with Crippen LogP contribution in [0.2, 0.25) is 0 Å². The Morgan fingerprint density at radius 1 is 1.22 bits per heavy atom. The van der Waals surface area contributed by atoms with Crippen molar-refractivity contribution in [2.45, 2.75) is 79.7 Å². The summed E-state index contributed by atoms with van der Waals surface area (Å²) in [5.74, 6) is -0.194. The second-order valence-corrected chi connectivity index (χ2v) is 9.75. The van der Waals surface area contributed by atoms with E-state index in [1.165, 1.54) is 23.6 Å². The Balaban J connectivity index is 2.54. The normalized spacial score (nSPS) is 16.6. The van der Waals surface area contributed by atoms with Gasteiger partial charge in [-0.15, -0.1) is 0 Å². The molecule has 2 rings (SSSR count). The maximum Gasteiger partial charge on any atom is 0.0974 e. The van der Waals surface area contributed by atoms with E-state index < -0.39 is 0 Å². The molecule has 0 amide bonds. The Morgan fingerprint density at radius 2 is 1.91 bits per heavy atom. The fourth-order valence-electron chi connectivity index (χ4n) is 4.05. The van der Waals surface area contributed by atoms with Crippen molar-refractivity contribution in [3.8, 4) is 0 Å². The molecular weight excluding hydrogens is 393 g/mol. The van der Waals surface area contributed by atoms with Crippen LogP contribution in [0.5, 0.6) is 0 Å². The second kappa shape index (κ2) is 10.8. The van der Waals surface area contributed by atoms with Gasteiger partial charge >= 0.3 is 0 Å². The molecule has 1 atom stereocenters. The number of benzene rings is 1. The van der Waals surface area contributed by atoms with Crippen molar-refractivity contribution in [1.82, 2.24) is 5.32 Å². The van der Waals surface area contributed by atoms with Crippen LogP contribution in [0.15, 0.2) is 89.0 Å². The molecule has 1 aliphatic rings. The summed E-state index contributed by atoms with van der Waals surface area (Å²) < 4.78 is 13.7.